The minimum atomic E-state index is -0.0832. The molecule has 118 valence electrons. The van der Waals surface area contributed by atoms with Gasteiger partial charge in [-0.15, -0.1) is 22.7 Å². The molecule has 0 spiro atoms. The highest BCUT2D eigenvalue weighted by Gasteiger charge is 2.31. The maximum Gasteiger partial charge on any atom is 0.322 e. The summed E-state index contributed by atoms with van der Waals surface area (Å²) in [6.45, 7) is 0.777. The lowest BCUT2D eigenvalue weighted by molar-refractivity contribution is 0.208. The molecule has 2 N–H and O–H groups in total. The number of aromatic nitrogens is 3. The average molecular weight is 345 g/mol. The van der Waals surface area contributed by atoms with Crippen LogP contribution in [0.4, 0.5) is 10.5 Å². The van der Waals surface area contributed by atoms with Crippen molar-refractivity contribution in [2.24, 2.45) is 0 Å². The van der Waals surface area contributed by atoms with Gasteiger partial charge in [0.2, 0.25) is 0 Å². The van der Waals surface area contributed by atoms with Crippen LogP contribution in [0.5, 0.6) is 0 Å². The number of thiophene rings is 1. The van der Waals surface area contributed by atoms with Crippen molar-refractivity contribution >= 4 is 34.4 Å². The number of hydrogen-bond donors (Lipinski definition) is 2. The fourth-order valence-corrected chi connectivity index (χ4v) is 4.38. The monoisotopic (exact) mass is 345 g/mol. The number of rotatable bonds is 3. The second-order valence-corrected chi connectivity index (χ2v) is 7.17. The molecule has 3 aromatic heterocycles. The van der Waals surface area contributed by atoms with Gasteiger partial charge < -0.3 is 10.2 Å². The number of hydrogen-bond acceptors (Lipinski definition) is 5. The maximum absolute atomic E-state index is 12.7. The van der Waals surface area contributed by atoms with E-state index in [0.29, 0.717) is 5.69 Å². The second kappa shape index (κ2) is 6.13. The largest absolute Gasteiger partial charge is 0.322 e. The molecule has 6 nitrogen and oxygen atoms in total. The predicted octanol–water partition coefficient (Wildman–Crippen LogP) is 3.96. The Morgan fingerprint density at radius 2 is 2.35 bits per heavy atom. The van der Waals surface area contributed by atoms with Crippen LogP contribution in [0, 0.1) is 0 Å². The Kier molecular flexibility index (Phi) is 3.84. The van der Waals surface area contributed by atoms with Gasteiger partial charge in [-0.05, 0) is 24.3 Å². The van der Waals surface area contributed by atoms with Gasteiger partial charge in [0, 0.05) is 23.0 Å². The van der Waals surface area contributed by atoms with E-state index in [0.717, 1.165) is 30.1 Å². The zero-order valence-electron chi connectivity index (χ0n) is 12.2. The van der Waals surface area contributed by atoms with Crippen molar-refractivity contribution in [2.45, 2.75) is 18.9 Å². The van der Waals surface area contributed by atoms with E-state index in [1.165, 1.54) is 16.2 Å². The molecule has 0 saturated carbocycles. The summed E-state index contributed by atoms with van der Waals surface area (Å²) in [6, 6.07) is 4.22. The molecule has 4 heterocycles. The van der Waals surface area contributed by atoms with E-state index < -0.39 is 0 Å². The molecule has 1 atom stereocenters. The van der Waals surface area contributed by atoms with Gasteiger partial charge in [-0.2, -0.15) is 5.10 Å². The first-order valence-electron chi connectivity index (χ1n) is 7.37. The molecule has 2 amide bonds. The number of anilines is 1. The van der Waals surface area contributed by atoms with Crippen LogP contribution in [-0.4, -0.2) is 32.7 Å². The molecular formula is C15H15N5OS2. The quantitative estimate of drug-likeness (QED) is 0.754. The van der Waals surface area contributed by atoms with Crippen LogP contribution >= 0.6 is 22.7 Å². The molecule has 4 rings (SSSR count). The Morgan fingerprint density at radius 3 is 3.13 bits per heavy atom. The lowest BCUT2D eigenvalue weighted by atomic mass is 10.2. The van der Waals surface area contributed by atoms with Crippen molar-refractivity contribution in [2.75, 3.05) is 11.9 Å². The fourth-order valence-electron chi connectivity index (χ4n) is 2.86. The van der Waals surface area contributed by atoms with E-state index >= 15 is 0 Å². The Morgan fingerprint density at radius 1 is 1.39 bits per heavy atom. The summed E-state index contributed by atoms with van der Waals surface area (Å²) < 4.78 is 0. The third kappa shape index (κ3) is 2.75. The third-order valence-corrected chi connectivity index (χ3v) is 5.68. The molecule has 0 aromatic carbocycles. The van der Waals surface area contributed by atoms with Crippen molar-refractivity contribution in [3.8, 4) is 10.7 Å². The predicted molar refractivity (Wildman–Crippen MR) is 91.7 cm³/mol. The summed E-state index contributed by atoms with van der Waals surface area (Å²) in [5.74, 6) is 0. The van der Waals surface area contributed by atoms with Gasteiger partial charge in [-0.1, -0.05) is 6.07 Å². The first-order valence-corrected chi connectivity index (χ1v) is 9.13. The Labute approximate surface area is 141 Å². The summed E-state index contributed by atoms with van der Waals surface area (Å²) in [5.41, 5.74) is 1.42. The number of nitrogens with zero attached hydrogens (tertiary/aromatic N) is 3. The molecule has 0 aliphatic carbocycles. The third-order valence-electron chi connectivity index (χ3n) is 3.91. The lowest BCUT2D eigenvalue weighted by Gasteiger charge is -2.24. The van der Waals surface area contributed by atoms with Crippen LogP contribution in [0.2, 0.25) is 0 Å². The zero-order chi connectivity index (χ0) is 15.6. The first-order chi connectivity index (χ1) is 11.3. The fraction of sp³-hybridized carbons (Fsp3) is 0.267. The van der Waals surface area contributed by atoms with Crippen molar-refractivity contribution in [1.29, 1.82) is 0 Å². The first kappa shape index (κ1) is 14.4. The zero-order valence-corrected chi connectivity index (χ0v) is 13.9. The summed E-state index contributed by atoms with van der Waals surface area (Å²) in [6.07, 6.45) is 5.41. The highest BCUT2D eigenvalue weighted by Crippen LogP contribution is 2.35. The summed E-state index contributed by atoms with van der Waals surface area (Å²) in [7, 11) is 0. The molecule has 1 fully saturated rings. The van der Waals surface area contributed by atoms with E-state index in [4.69, 9.17) is 0 Å². The molecular weight excluding hydrogens is 330 g/mol. The van der Waals surface area contributed by atoms with E-state index in [9.17, 15) is 4.79 Å². The van der Waals surface area contributed by atoms with Crippen LogP contribution in [0.15, 0.2) is 35.3 Å². The minimum absolute atomic E-state index is 0.0832. The van der Waals surface area contributed by atoms with Gasteiger partial charge in [-0.3, -0.25) is 5.10 Å². The normalized spacial score (nSPS) is 17.6. The van der Waals surface area contributed by atoms with Gasteiger partial charge in [0.15, 0.2) is 0 Å². The number of thiazole rings is 1. The highest BCUT2D eigenvalue weighted by molar-refractivity contribution is 7.13. The smallest absolute Gasteiger partial charge is 0.317 e. The maximum atomic E-state index is 12.7. The number of H-pyrrole nitrogens is 1. The lowest BCUT2D eigenvalue weighted by Crippen LogP contribution is -2.34. The van der Waals surface area contributed by atoms with Gasteiger partial charge in [0.1, 0.15) is 10.7 Å². The van der Waals surface area contributed by atoms with Gasteiger partial charge in [-0.25, -0.2) is 9.78 Å². The molecule has 3 aromatic rings. The summed E-state index contributed by atoms with van der Waals surface area (Å²) >= 11 is 3.21. The Bertz CT molecular complexity index is 781. The Hall–Kier alpha value is -2.19. The van der Waals surface area contributed by atoms with Crippen LogP contribution in [-0.2, 0) is 0 Å². The molecule has 0 unspecified atom stereocenters. The number of amides is 2. The molecule has 8 heteroatoms. The van der Waals surface area contributed by atoms with Crippen molar-refractivity contribution in [3.63, 3.8) is 0 Å². The number of carbonyl (C=O) groups is 1. The van der Waals surface area contributed by atoms with E-state index in [1.807, 2.05) is 16.3 Å². The molecule has 0 radical (unpaired) electrons. The van der Waals surface area contributed by atoms with Gasteiger partial charge in [0.05, 0.1) is 17.9 Å². The minimum Gasteiger partial charge on any atom is -0.317 e. The summed E-state index contributed by atoms with van der Waals surface area (Å²) in [5, 5.41) is 14.7. The summed E-state index contributed by atoms with van der Waals surface area (Å²) in [4.78, 5) is 20.1. The SMILES string of the molecule is O=C(Nc1cn[nH]c1-c1nccs1)N1CCC[C@H]1c1cccs1. The van der Waals surface area contributed by atoms with Gasteiger partial charge >= 0.3 is 6.03 Å². The van der Waals surface area contributed by atoms with Gasteiger partial charge in [0.25, 0.3) is 0 Å². The molecule has 1 aliphatic rings. The molecule has 1 aliphatic heterocycles. The van der Waals surface area contributed by atoms with Crippen molar-refractivity contribution in [3.05, 3.63) is 40.2 Å². The van der Waals surface area contributed by atoms with Crippen molar-refractivity contribution < 1.29 is 4.79 Å². The van der Waals surface area contributed by atoms with Crippen LogP contribution in [0.3, 0.4) is 0 Å². The van der Waals surface area contributed by atoms with Crippen LogP contribution in [0.25, 0.3) is 10.7 Å². The van der Waals surface area contributed by atoms with E-state index in [2.05, 4.69) is 31.9 Å². The topological polar surface area (TPSA) is 73.9 Å². The molecule has 23 heavy (non-hydrogen) atoms. The standard InChI is InChI=1S/C15H15N5OS2/c21-15(20-6-1-3-11(20)12-4-2-7-22-12)18-10-9-17-19-13(10)14-16-5-8-23-14/h2,4-5,7-9,11H,1,3,6H2,(H,17,19)(H,18,21)/t11-/m0/s1. The number of aromatic amines is 1. The number of carbonyl (C=O) groups excluding carboxylic acids is 1. The number of urea groups is 1. The second-order valence-electron chi connectivity index (χ2n) is 5.29. The van der Waals surface area contributed by atoms with Crippen LogP contribution < -0.4 is 5.32 Å². The molecule has 1 saturated heterocycles. The number of nitrogens with one attached hydrogen (secondary N) is 2. The molecule has 0 bridgehead atoms. The van der Waals surface area contributed by atoms with Crippen molar-refractivity contribution in [1.82, 2.24) is 20.1 Å². The van der Waals surface area contributed by atoms with E-state index in [1.54, 1.807) is 23.7 Å². The average Bonchev–Trinajstić information content (AvgIpc) is 3.31. The Balaban J connectivity index is 1.53. The van der Waals surface area contributed by atoms with E-state index in [-0.39, 0.29) is 12.1 Å². The number of likely N-dealkylation sites (tertiary alicyclic amines) is 1. The highest BCUT2D eigenvalue weighted by atomic mass is 32.1. The van der Waals surface area contributed by atoms with Crippen LogP contribution in [0.1, 0.15) is 23.8 Å².